The molecule has 0 N–H and O–H groups in total. The number of aromatic nitrogens is 2. The summed E-state index contributed by atoms with van der Waals surface area (Å²) < 4.78 is 2.19. The van der Waals surface area contributed by atoms with Crippen LogP contribution in [0.2, 0.25) is 0 Å². The van der Waals surface area contributed by atoms with Crippen molar-refractivity contribution in [3.8, 4) is 6.07 Å². The zero-order valence-electron chi connectivity index (χ0n) is 11.1. The summed E-state index contributed by atoms with van der Waals surface area (Å²) in [4.78, 5) is 4.61. The quantitative estimate of drug-likeness (QED) is 0.793. The van der Waals surface area contributed by atoms with Gasteiger partial charge in [-0.2, -0.15) is 17.0 Å². The fourth-order valence-electron chi connectivity index (χ4n) is 2.10. The molecular formula is C14H16ClN3S. The first-order chi connectivity index (χ1) is 9.21. The third-order valence-corrected chi connectivity index (χ3v) is 4.28. The van der Waals surface area contributed by atoms with E-state index >= 15 is 0 Å². The number of halogens is 1. The van der Waals surface area contributed by atoms with Crippen LogP contribution < -0.4 is 0 Å². The van der Waals surface area contributed by atoms with E-state index in [1.54, 1.807) is 0 Å². The molecule has 19 heavy (non-hydrogen) atoms. The number of hydrogen-bond acceptors (Lipinski definition) is 3. The predicted molar refractivity (Wildman–Crippen MR) is 81.8 cm³/mol. The zero-order valence-corrected chi connectivity index (χ0v) is 12.6. The van der Waals surface area contributed by atoms with Gasteiger partial charge in [-0.1, -0.05) is 13.0 Å². The molecule has 100 valence electrons. The highest BCUT2D eigenvalue weighted by molar-refractivity contribution is 7.99. The Morgan fingerprint density at radius 3 is 2.95 bits per heavy atom. The van der Waals surface area contributed by atoms with E-state index in [0.717, 1.165) is 29.8 Å². The lowest BCUT2D eigenvalue weighted by Gasteiger charge is -2.13. The highest BCUT2D eigenvalue weighted by atomic mass is 35.5. The van der Waals surface area contributed by atoms with E-state index in [9.17, 15) is 0 Å². The van der Waals surface area contributed by atoms with Crippen molar-refractivity contribution >= 4 is 34.4 Å². The molecule has 0 amide bonds. The molecule has 0 aliphatic rings. The second kappa shape index (κ2) is 6.31. The summed E-state index contributed by atoms with van der Waals surface area (Å²) in [5, 5.41) is 9.66. The van der Waals surface area contributed by atoms with Gasteiger partial charge in [0.2, 0.25) is 0 Å². The van der Waals surface area contributed by atoms with Gasteiger partial charge in [0, 0.05) is 24.1 Å². The van der Waals surface area contributed by atoms with Gasteiger partial charge in [-0.3, -0.25) is 0 Å². The van der Waals surface area contributed by atoms with Crippen molar-refractivity contribution < 1.29 is 0 Å². The Kier molecular flexibility index (Phi) is 4.73. The Hall–Kier alpha value is -1.18. The maximum Gasteiger partial charge on any atom is 0.111 e. The largest absolute Gasteiger partial charge is 0.327 e. The summed E-state index contributed by atoms with van der Waals surface area (Å²) in [7, 11) is 0. The molecule has 0 aliphatic heterocycles. The number of nitriles is 1. The molecule has 2 aromatic rings. The molecule has 1 unspecified atom stereocenters. The van der Waals surface area contributed by atoms with Crippen molar-refractivity contribution in [1.82, 2.24) is 9.55 Å². The van der Waals surface area contributed by atoms with Gasteiger partial charge in [-0.15, -0.1) is 11.6 Å². The van der Waals surface area contributed by atoms with Crippen molar-refractivity contribution in [2.24, 2.45) is 0 Å². The summed E-state index contributed by atoms with van der Waals surface area (Å²) in [6.45, 7) is 3.08. The Morgan fingerprint density at radius 1 is 1.53 bits per heavy atom. The SMILES string of the molecule is CSC(C)Cn1c(CCCl)nc2c(C#N)cccc21. The average molecular weight is 294 g/mol. The number of thioether (sulfide) groups is 1. The summed E-state index contributed by atoms with van der Waals surface area (Å²) in [5.74, 6) is 1.51. The number of benzene rings is 1. The Morgan fingerprint density at radius 2 is 2.32 bits per heavy atom. The maximum atomic E-state index is 9.16. The monoisotopic (exact) mass is 293 g/mol. The summed E-state index contributed by atoms with van der Waals surface area (Å²) in [6.07, 6.45) is 2.83. The molecule has 0 radical (unpaired) electrons. The fraction of sp³-hybridized carbons (Fsp3) is 0.429. The van der Waals surface area contributed by atoms with Crippen LogP contribution in [0.15, 0.2) is 18.2 Å². The van der Waals surface area contributed by atoms with Crippen LogP contribution in [-0.2, 0) is 13.0 Å². The molecule has 1 atom stereocenters. The van der Waals surface area contributed by atoms with Gasteiger partial charge in [-0.25, -0.2) is 4.98 Å². The molecule has 0 saturated carbocycles. The smallest absolute Gasteiger partial charge is 0.111 e. The van der Waals surface area contributed by atoms with Gasteiger partial charge in [0.05, 0.1) is 11.1 Å². The van der Waals surface area contributed by atoms with Gasteiger partial charge >= 0.3 is 0 Å². The minimum atomic E-state index is 0.497. The molecule has 0 spiro atoms. The highest BCUT2D eigenvalue weighted by Gasteiger charge is 2.14. The van der Waals surface area contributed by atoms with E-state index in [4.69, 9.17) is 16.9 Å². The van der Waals surface area contributed by atoms with E-state index < -0.39 is 0 Å². The van der Waals surface area contributed by atoms with E-state index in [1.807, 2.05) is 30.0 Å². The van der Waals surface area contributed by atoms with Crippen molar-refractivity contribution in [3.05, 3.63) is 29.6 Å². The lowest BCUT2D eigenvalue weighted by Crippen LogP contribution is -2.12. The standard InChI is InChI=1S/C14H16ClN3S/c1-10(19-2)9-18-12-5-3-4-11(8-16)14(12)17-13(18)6-7-15/h3-5,10H,6-7,9H2,1-2H3. The fourth-order valence-corrected chi connectivity index (χ4v) is 2.56. The normalized spacial score (nSPS) is 12.5. The Bertz CT molecular complexity index is 615. The molecule has 2 rings (SSSR count). The lowest BCUT2D eigenvalue weighted by molar-refractivity contribution is 0.672. The molecule has 1 aromatic carbocycles. The number of imidazole rings is 1. The van der Waals surface area contributed by atoms with Crippen LogP contribution in [0.3, 0.4) is 0 Å². The summed E-state index contributed by atoms with van der Waals surface area (Å²) in [6, 6.07) is 7.95. The molecule has 0 fully saturated rings. The lowest BCUT2D eigenvalue weighted by atomic mass is 10.2. The van der Waals surface area contributed by atoms with Crippen LogP contribution >= 0.6 is 23.4 Å². The van der Waals surface area contributed by atoms with Crippen LogP contribution in [0.25, 0.3) is 11.0 Å². The molecule has 0 aliphatic carbocycles. The second-order valence-corrected chi connectivity index (χ2v) is 6.06. The van der Waals surface area contributed by atoms with Gasteiger partial charge in [0.1, 0.15) is 17.4 Å². The first-order valence-corrected chi connectivity index (χ1v) is 8.00. The zero-order chi connectivity index (χ0) is 13.8. The van der Waals surface area contributed by atoms with Crippen LogP contribution in [0, 0.1) is 11.3 Å². The van der Waals surface area contributed by atoms with Gasteiger partial charge in [0.15, 0.2) is 0 Å². The van der Waals surface area contributed by atoms with Crippen LogP contribution in [-0.4, -0.2) is 26.9 Å². The predicted octanol–water partition coefficient (Wildman–Crippen LogP) is 3.44. The molecule has 0 saturated heterocycles. The highest BCUT2D eigenvalue weighted by Crippen LogP contribution is 2.22. The number of para-hydroxylation sites is 1. The molecular weight excluding hydrogens is 278 g/mol. The summed E-state index contributed by atoms with van der Waals surface area (Å²) >= 11 is 7.68. The molecule has 1 heterocycles. The van der Waals surface area contributed by atoms with Gasteiger partial charge in [-0.05, 0) is 18.4 Å². The van der Waals surface area contributed by atoms with Crippen molar-refractivity contribution in [2.75, 3.05) is 12.1 Å². The number of aryl methyl sites for hydroxylation is 1. The minimum absolute atomic E-state index is 0.497. The van der Waals surface area contributed by atoms with Crippen molar-refractivity contribution in [3.63, 3.8) is 0 Å². The number of rotatable bonds is 5. The topological polar surface area (TPSA) is 41.6 Å². The summed E-state index contributed by atoms with van der Waals surface area (Å²) in [5.41, 5.74) is 2.45. The van der Waals surface area contributed by atoms with Crippen LogP contribution in [0.1, 0.15) is 18.3 Å². The van der Waals surface area contributed by atoms with Crippen molar-refractivity contribution in [1.29, 1.82) is 5.26 Å². The second-order valence-electron chi connectivity index (χ2n) is 4.41. The van der Waals surface area contributed by atoms with E-state index in [2.05, 4.69) is 28.8 Å². The molecule has 5 heteroatoms. The maximum absolute atomic E-state index is 9.16. The van der Waals surface area contributed by atoms with Gasteiger partial charge < -0.3 is 4.57 Å². The third-order valence-electron chi connectivity index (χ3n) is 3.14. The number of alkyl halides is 1. The van der Waals surface area contributed by atoms with E-state index in [-0.39, 0.29) is 0 Å². The molecule has 1 aromatic heterocycles. The van der Waals surface area contributed by atoms with E-state index in [1.165, 1.54) is 0 Å². The molecule has 0 bridgehead atoms. The Balaban J connectivity index is 2.57. The van der Waals surface area contributed by atoms with Crippen LogP contribution in [0.4, 0.5) is 0 Å². The average Bonchev–Trinajstić information content (AvgIpc) is 2.77. The van der Waals surface area contributed by atoms with Gasteiger partial charge in [0.25, 0.3) is 0 Å². The first kappa shape index (κ1) is 14.2. The number of hydrogen-bond donors (Lipinski definition) is 0. The number of nitrogens with zero attached hydrogens (tertiary/aromatic N) is 3. The number of fused-ring (bicyclic) bond motifs is 1. The Labute approximate surface area is 122 Å². The first-order valence-electron chi connectivity index (χ1n) is 6.18. The van der Waals surface area contributed by atoms with Crippen LogP contribution in [0.5, 0.6) is 0 Å². The third kappa shape index (κ3) is 2.88. The minimum Gasteiger partial charge on any atom is -0.327 e. The van der Waals surface area contributed by atoms with E-state index in [0.29, 0.717) is 16.7 Å². The van der Waals surface area contributed by atoms with Crippen molar-refractivity contribution in [2.45, 2.75) is 25.1 Å². The molecule has 3 nitrogen and oxygen atoms in total.